The number of anilines is 1. The number of hydrogen-bond acceptors (Lipinski definition) is 2. The molecule has 1 aromatic carbocycles. The molecule has 2 aliphatic heterocycles. The maximum Gasteiger partial charge on any atom is 0.224 e. The molecule has 2 saturated heterocycles. The van der Waals surface area contributed by atoms with Crippen LogP contribution in [0.5, 0.6) is 0 Å². The van der Waals surface area contributed by atoms with Crippen LogP contribution in [0.4, 0.5) is 5.69 Å². The van der Waals surface area contributed by atoms with Crippen LogP contribution in [0.25, 0.3) is 10.9 Å². The zero-order chi connectivity index (χ0) is 15.1. The summed E-state index contributed by atoms with van der Waals surface area (Å²) >= 11 is 0. The van der Waals surface area contributed by atoms with Crippen LogP contribution in [0.15, 0.2) is 24.3 Å². The Bertz CT molecular complexity index is 699. The number of benzene rings is 1. The summed E-state index contributed by atoms with van der Waals surface area (Å²) in [6, 6.07) is 9.45. The number of piperidine rings is 1. The van der Waals surface area contributed by atoms with Crippen molar-refractivity contribution < 1.29 is 4.79 Å². The monoisotopic (exact) mass is 333 g/mol. The Morgan fingerprint density at radius 1 is 1.22 bits per heavy atom. The summed E-state index contributed by atoms with van der Waals surface area (Å²) in [4.78, 5) is 15.6. The molecule has 2 bridgehead atoms. The number of carbonyl (C=O) groups excluding carboxylic acids is 1. The third-order valence-corrected chi connectivity index (χ3v) is 5.08. The van der Waals surface area contributed by atoms with E-state index in [0.717, 1.165) is 35.1 Å². The topological polar surface area (TPSA) is 56.9 Å². The van der Waals surface area contributed by atoms with Crippen LogP contribution in [-0.4, -0.2) is 23.0 Å². The van der Waals surface area contributed by atoms with Gasteiger partial charge in [0, 0.05) is 40.8 Å². The fraction of sp³-hybridized carbons (Fsp3) is 0.500. The highest BCUT2D eigenvalue weighted by Gasteiger charge is 2.34. The van der Waals surface area contributed by atoms with Crippen molar-refractivity contribution in [2.24, 2.45) is 5.92 Å². The molecule has 124 valence electrons. The Balaban J connectivity index is 0.00000156. The van der Waals surface area contributed by atoms with Crippen molar-refractivity contribution in [3.05, 3.63) is 30.0 Å². The van der Waals surface area contributed by atoms with Crippen molar-refractivity contribution in [2.45, 2.75) is 51.1 Å². The van der Waals surface area contributed by atoms with Crippen LogP contribution < -0.4 is 10.6 Å². The summed E-state index contributed by atoms with van der Waals surface area (Å²) in [7, 11) is 0. The molecule has 0 radical (unpaired) electrons. The first kappa shape index (κ1) is 16.3. The molecular formula is C18H24ClN3O. The number of H-pyrrole nitrogens is 1. The number of carbonyl (C=O) groups is 1. The van der Waals surface area contributed by atoms with Gasteiger partial charge in [-0.1, -0.05) is 0 Å². The van der Waals surface area contributed by atoms with Crippen molar-refractivity contribution in [3.8, 4) is 0 Å². The van der Waals surface area contributed by atoms with E-state index < -0.39 is 0 Å². The van der Waals surface area contributed by atoms with Crippen molar-refractivity contribution in [2.75, 3.05) is 5.32 Å². The first-order valence-corrected chi connectivity index (χ1v) is 8.31. The Morgan fingerprint density at radius 2 is 1.96 bits per heavy atom. The molecule has 4 rings (SSSR count). The van der Waals surface area contributed by atoms with Gasteiger partial charge in [-0.05, 0) is 62.8 Å². The van der Waals surface area contributed by atoms with Crippen molar-refractivity contribution in [1.82, 2.24) is 10.3 Å². The van der Waals surface area contributed by atoms with Crippen LogP contribution in [0, 0.1) is 12.8 Å². The largest absolute Gasteiger partial charge is 0.359 e. The lowest BCUT2D eigenvalue weighted by Crippen LogP contribution is -2.39. The molecule has 0 saturated carbocycles. The maximum atomic E-state index is 12.3. The van der Waals surface area contributed by atoms with Crippen LogP contribution >= 0.6 is 12.4 Å². The highest BCUT2D eigenvalue weighted by molar-refractivity contribution is 5.94. The Morgan fingerprint density at radius 3 is 2.70 bits per heavy atom. The fourth-order valence-corrected chi connectivity index (χ4v) is 4.17. The highest BCUT2D eigenvalue weighted by Crippen LogP contribution is 2.32. The van der Waals surface area contributed by atoms with Crippen molar-refractivity contribution >= 4 is 34.9 Å². The predicted molar refractivity (Wildman–Crippen MR) is 96.2 cm³/mol. The van der Waals surface area contributed by atoms with Gasteiger partial charge in [0.05, 0.1) is 0 Å². The molecule has 2 fully saturated rings. The number of aromatic amines is 1. The van der Waals surface area contributed by atoms with Crippen molar-refractivity contribution in [3.63, 3.8) is 0 Å². The lowest BCUT2D eigenvalue weighted by Gasteiger charge is -2.28. The summed E-state index contributed by atoms with van der Waals surface area (Å²) in [5, 5.41) is 7.85. The molecule has 2 aliphatic rings. The van der Waals surface area contributed by atoms with E-state index in [1.165, 1.54) is 12.8 Å². The molecule has 0 aliphatic carbocycles. The van der Waals surface area contributed by atoms with E-state index in [1.807, 2.05) is 25.1 Å². The molecule has 2 atom stereocenters. The number of aryl methyl sites for hydroxylation is 1. The average Bonchev–Trinajstić information content (AvgIpc) is 2.99. The van der Waals surface area contributed by atoms with E-state index in [9.17, 15) is 4.79 Å². The van der Waals surface area contributed by atoms with E-state index in [2.05, 4.69) is 21.7 Å². The summed E-state index contributed by atoms with van der Waals surface area (Å²) in [6.45, 7) is 2.05. The minimum Gasteiger partial charge on any atom is -0.359 e. The molecule has 5 heteroatoms. The van der Waals surface area contributed by atoms with Crippen LogP contribution in [0.1, 0.15) is 37.8 Å². The normalized spacial score (nSPS) is 26.0. The Labute approximate surface area is 142 Å². The van der Waals surface area contributed by atoms with Crippen LogP contribution in [-0.2, 0) is 4.79 Å². The van der Waals surface area contributed by atoms with E-state index in [0.29, 0.717) is 24.4 Å². The zero-order valence-electron chi connectivity index (χ0n) is 13.4. The number of amides is 1. The molecular weight excluding hydrogens is 310 g/mol. The zero-order valence-corrected chi connectivity index (χ0v) is 14.2. The van der Waals surface area contributed by atoms with Crippen molar-refractivity contribution in [1.29, 1.82) is 0 Å². The second-order valence-corrected chi connectivity index (χ2v) is 6.98. The first-order valence-electron chi connectivity index (χ1n) is 8.31. The number of aromatic nitrogens is 1. The molecule has 1 aromatic heterocycles. The molecule has 23 heavy (non-hydrogen) atoms. The van der Waals surface area contributed by atoms with Gasteiger partial charge >= 0.3 is 0 Å². The van der Waals surface area contributed by atoms with Gasteiger partial charge in [-0.2, -0.15) is 0 Å². The smallest absolute Gasteiger partial charge is 0.224 e. The number of nitrogens with one attached hydrogen (secondary N) is 3. The predicted octanol–water partition coefficient (Wildman–Crippen LogP) is 3.76. The van der Waals surface area contributed by atoms with E-state index in [4.69, 9.17) is 0 Å². The van der Waals surface area contributed by atoms with Gasteiger partial charge in [0.1, 0.15) is 0 Å². The van der Waals surface area contributed by atoms with Gasteiger partial charge in [-0.25, -0.2) is 0 Å². The lowest BCUT2D eigenvalue weighted by atomic mass is 9.89. The summed E-state index contributed by atoms with van der Waals surface area (Å²) in [6.07, 6.45) is 5.53. The quantitative estimate of drug-likeness (QED) is 0.801. The van der Waals surface area contributed by atoms with Gasteiger partial charge in [0.2, 0.25) is 5.91 Å². The third-order valence-electron chi connectivity index (χ3n) is 5.08. The molecule has 3 N–H and O–H groups in total. The molecule has 4 nitrogen and oxygen atoms in total. The number of fused-ring (bicyclic) bond motifs is 3. The van der Waals surface area contributed by atoms with E-state index in [1.54, 1.807) is 0 Å². The summed E-state index contributed by atoms with van der Waals surface area (Å²) in [5.74, 6) is 0.690. The van der Waals surface area contributed by atoms with Gasteiger partial charge in [-0.15, -0.1) is 12.4 Å². The molecule has 2 unspecified atom stereocenters. The van der Waals surface area contributed by atoms with Gasteiger partial charge in [0.25, 0.3) is 0 Å². The van der Waals surface area contributed by atoms with E-state index in [-0.39, 0.29) is 18.3 Å². The average molecular weight is 334 g/mol. The number of halogens is 1. The molecule has 1 amide bonds. The SMILES string of the molecule is Cc1cc2cc(NC(=O)CC3CC4CCC(C3)N4)ccc2[nH]1.Cl. The first-order chi connectivity index (χ1) is 10.7. The number of rotatable bonds is 3. The minimum atomic E-state index is 0. The molecule has 2 aromatic rings. The Kier molecular flexibility index (Phi) is 4.64. The highest BCUT2D eigenvalue weighted by atomic mass is 35.5. The van der Waals surface area contributed by atoms with Gasteiger partial charge in [-0.3, -0.25) is 4.79 Å². The maximum absolute atomic E-state index is 12.3. The van der Waals surface area contributed by atoms with E-state index >= 15 is 0 Å². The lowest BCUT2D eigenvalue weighted by molar-refractivity contribution is -0.117. The molecule has 3 heterocycles. The number of hydrogen-bond donors (Lipinski definition) is 3. The summed E-state index contributed by atoms with van der Waals surface area (Å²) in [5.41, 5.74) is 3.16. The second kappa shape index (κ2) is 6.54. The van der Waals surface area contributed by atoms with Gasteiger partial charge in [0.15, 0.2) is 0 Å². The van der Waals surface area contributed by atoms with Gasteiger partial charge < -0.3 is 15.6 Å². The summed E-state index contributed by atoms with van der Waals surface area (Å²) < 4.78 is 0. The van der Waals surface area contributed by atoms with Crippen LogP contribution in [0.3, 0.4) is 0 Å². The second-order valence-electron chi connectivity index (χ2n) is 6.98. The standard InChI is InChI=1S/C18H23N3O.ClH/c1-11-6-13-10-16(4-5-17(13)19-11)21-18(22)9-12-7-14-2-3-15(8-12)20-14;/h4-6,10,12,14-15,19-20H,2-3,7-9H2,1H3,(H,21,22);1H. The molecule has 0 spiro atoms. The third kappa shape index (κ3) is 3.54. The minimum absolute atomic E-state index is 0. The van der Waals surface area contributed by atoms with Crippen LogP contribution in [0.2, 0.25) is 0 Å². The Hall–Kier alpha value is -1.52. The fourth-order valence-electron chi connectivity index (χ4n) is 4.17.